The molecular weight excluding hydrogens is 266 g/mol. The van der Waals surface area contributed by atoms with Crippen LogP contribution in [-0.2, 0) is 4.79 Å². The molecule has 2 unspecified atom stereocenters. The van der Waals surface area contributed by atoms with E-state index in [4.69, 9.17) is 0 Å². The van der Waals surface area contributed by atoms with Gasteiger partial charge in [0, 0.05) is 12.0 Å². The van der Waals surface area contributed by atoms with Gasteiger partial charge in [0.25, 0.3) is 0 Å². The normalized spacial score (nSPS) is 23.9. The van der Waals surface area contributed by atoms with E-state index in [0.29, 0.717) is 12.0 Å². The topological polar surface area (TPSA) is 29.1 Å². The van der Waals surface area contributed by atoms with Crippen molar-refractivity contribution in [3.8, 4) is 0 Å². The summed E-state index contributed by atoms with van der Waals surface area (Å²) in [5, 5.41) is 3.06. The van der Waals surface area contributed by atoms with Gasteiger partial charge in [-0.3, -0.25) is 4.79 Å². The highest BCUT2D eigenvalue weighted by atomic mass is 79.9. The first-order valence-electron chi connectivity index (χ1n) is 5.53. The van der Waals surface area contributed by atoms with Crippen LogP contribution in [0.15, 0.2) is 30.3 Å². The Morgan fingerprint density at radius 3 is 2.56 bits per heavy atom. The van der Waals surface area contributed by atoms with Gasteiger partial charge in [-0.05, 0) is 25.8 Å². The lowest BCUT2D eigenvalue weighted by atomic mass is 10.1. The van der Waals surface area contributed by atoms with Crippen LogP contribution in [0.25, 0.3) is 0 Å². The average Bonchev–Trinajstić information content (AvgIpc) is 2.97. The molecule has 1 N–H and O–H groups in total. The lowest BCUT2D eigenvalue weighted by Crippen LogP contribution is -2.39. The highest BCUT2D eigenvalue weighted by molar-refractivity contribution is 9.10. The summed E-state index contributed by atoms with van der Waals surface area (Å²) < 4.78 is -0.475. The first-order chi connectivity index (χ1) is 7.48. The molecule has 1 amide bonds. The molecule has 16 heavy (non-hydrogen) atoms. The van der Waals surface area contributed by atoms with Crippen LogP contribution in [0.4, 0.5) is 0 Å². The minimum Gasteiger partial charge on any atom is -0.352 e. The molecule has 0 saturated heterocycles. The molecule has 0 aromatic heterocycles. The van der Waals surface area contributed by atoms with Crippen molar-refractivity contribution < 1.29 is 4.79 Å². The van der Waals surface area contributed by atoms with Crippen LogP contribution < -0.4 is 5.32 Å². The Morgan fingerprint density at radius 2 is 2.00 bits per heavy atom. The minimum absolute atomic E-state index is 0.0657. The minimum atomic E-state index is -0.475. The van der Waals surface area contributed by atoms with E-state index >= 15 is 0 Å². The van der Waals surface area contributed by atoms with Crippen LogP contribution >= 0.6 is 15.9 Å². The van der Waals surface area contributed by atoms with E-state index < -0.39 is 4.32 Å². The molecule has 0 aliphatic heterocycles. The molecule has 2 atom stereocenters. The third kappa shape index (κ3) is 2.64. The Hall–Kier alpha value is -0.830. The number of rotatable bonds is 3. The SMILES string of the molecule is CC(C)(Br)C(=O)NC1CC1c1ccccc1. The molecule has 0 spiro atoms. The van der Waals surface area contributed by atoms with E-state index in [0.717, 1.165) is 6.42 Å². The highest BCUT2D eigenvalue weighted by Gasteiger charge is 2.41. The van der Waals surface area contributed by atoms with E-state index in [2.05, 4.69) is 33.4 Å². The molecule has 1 aliphatic carbocycles. The summed E-state index contributed by atoms with van der Waals surface area (Å²) in [6.07, 6.45) is 1.05. The fourth-order valence-corrected chi connectivity index (χ4v) is 1.88. The second-order valence-corrected chi connectivity index (χ2v) is 6.79. The first-order valence-corrected chi connectivity index (χ1v) is 6.32. The number of amides is 1. The Labute approximate surface area is 105 Å². The van der Waals surface area contributed by atoms with Gasteiger partial charge in [0.05, 0.1) is 4.32 Å². The smallest absolute Gasteiger partial charge is 0.236 e. The third-order valence-corrected chi connectivity index (χ3v) is 3.23. The number of carbonyl (C=O) groups excluding carboxylic acids is 1. The summed E-state index contributed by atoms with van der Waals surface area (Å²) in [6.45, 7) is 3.73. The fourth-order valence-electron chi connectivity index (χ4n) is 1.76. The van der Waals surface area contributed by atoms with Gasteiger partial charge >= 0.3 is 0 Å². The molecule has 1 aliphatic rings. The molecule has 1 saturated carbocycles. The van der Waals surface area contributed by atoms with E-state index in [9.17, 15) is 4.79 Å². The molecule has 1 aromatic carbocycles. The van der Waals surface area contributed by atoms with E-state index in [-0.39, 0.29) is 5.91 Å². The number of hydrogen-bond donors (Lipinski definition) is 1. The lowest BCUT2D eigenvalue weighted by Gasteiger charge is -2.15. The van der Waals surface area contributed by atoms with Crippen LogP contribution in [0.1, 0.15) is 31.7 Å². The van der Waals surface area contributed by atoms with Crippen molar-refractivity contribution in [2.75, 3.05) is 0 Å². The number of carbonyl (C=O) groups is 1. The zero-order chi connectivity index (χ0) is 11.8. The van der Waals surface area contributed by atoms with Gasteiger partial charge in [-0.1, -0.05) is 46.3 Å². The van der Waals surface area contributed by atoms with Crippen LogP contribution in [0.2, 0.25) is 0 Å². The molecule has 2 rings (SSSR count). The van der Waals surface area contributed by atoms with Gasteiger partial charge in [0.2, 0.25) is 5.91 Å². The van der Waals surface area contributed by atoms with Gasteiger partial charge < -0.3 is 5.32 Å². The molecule has 1 aromatic rings. The van der Waals surface area contributed by atoms with Gasteiger partial charge in [0.1, 0.15) is 0 Å². The molecule has 1 fully saturated rings. The molecule has 2 nitrogen and oxygen atoms in total. The van der Waals surface area contributed by atoms with E-state index in [1.165, 1.54) is 5.56 Å². The molecule has 86 valence electrons. The molecule has 0 heterocycles. The maximum absolute atomic E-state index is 11.7. The first kappa shape index (κ1) is 11.6. The quantitative estimate of drug-likeness (QED) is 0.849. The summed E-state index contributed by atoms with van der Waals surface area (Å²) >= 11 is 3.36. The number of benzene rings is 1. The van der Waals surface area contributed by atoms with Crippen LogP contribution in [0, 0.1) is 0 Å². The predicted octanol–water partition coefficient (Wildman–Crippen LogP) is 2.83. The molecule has 3 heteroatoms. The lowest BCUT2D eigenvalue weighted by molar-refractivity contribution is -0.122. The van der Waals surface area contributed by atoms with Crippen molar-refractivity contribution in [1.82, 2.24) is 5.32 Å². The van der Waals surface area contributed by atoms with Crippen molar-refractivity contribution >= 4 is 21.8 Å². The summed E-state index contributed by atoms with van der Waals surface area (Å²) in [7, 11) is 0. The monoisotopic (exact) mass is 281 g/mol. The van der Waals surface area contributed by atoms with Crippen LogP contribution in [0.5, 0.6) is 0 Å². The number of alkyl halides is 1. The fraction of sp³-hybridized carbons (Fsp3) is 0.462. The predicted molar refractivity (Wildman–Crippen MR) is 68.7 cm³/mol. The third-order valence-electron chi connectivity index (χ3n) is 2.87. The zero-order valence-corrected chi connectivity index (χ0v) is 11.1. The summed E-state index contributed by atoms with van der Waals surface area (Å²) in [4.78, 5) is 11.7. The maximum Gasteiger partial charge on any atom is 0.236 e. The number of nitrogens with one attached hydrogen (secondary N) is 1. The maximum atomic E-state index is 11.7. The largest absolute Gasteiger partial charge is 0.352 e. The highest BCUT2D eigenvalue weighted by Crippen LogP contribution is 2.41. The standard InChI is InChI=1S/C13H16BrNO/c1-13(2,14)12(16)15-11-8-10(11)9-6-4-3-5-7-9/h3-7,10-11H,8H2,1-2H3,(H,15,16). The van der Waals surface area contributed by atoms with Crippen molar-refractivity contribution in [1.29, 1.82) is 0 Å². The van der Waals surface area contributed by atoms with Gasteiger partial charge in [-0.2, -0.15) is 0 Å². The Kier molecular flexibility index (Phi) is 3.06. The summed E-state index contributed by atoms with van der Waals surface area (Å²) in [5.74, 6) is 0.566. The second kappa shape index (κ2) is 4.21. The number of halogens is 1. The van der Waals surface area contributed by atoms with Gasteiger partial charge in [-0.15, -0.1) is 0 Å². The summed E-state index contributed by atoms with van der Waals surface area (Å²) in [6, 6.07) is 10.7. The Morgan fingerprint density at radius 1 is 1.38 bits per heavy atom. The Bertz CT molecular complexity index is 383. The summed E-state index contributed by atoms with van der Waals surface area (Å²) in [5.41, 5.74) is 1.32. The zero-order valence-electron chi connectivity index (χ0n) is 9.53. The molecular formula is C13H16BrNO. The average molecular weight is 282 g/mol. The Balaban J connectivity index is 1.91. The van der Waals surface area contributed by atoms with Gasteiger partial charge in [-0.25, -0.2) is 0 Å². The van der Waals surface area contributed by atoms with Crippen molar-refractivity contribution in [2.45, 2.75) is 36.6 Å². The number of hydrogen-bond acceptors (Lipinski definition) is 1. The van der Waals surface area contributed by atoms with Crippen molar-refractivity contribution in [3.63, 3.8) is 0 Å². The van der Waals surface area contributed by atoms with Gasteiger partial charge in [0.15, 0.2) is 0 Å². The van der Waals surface area contributed by atoms with E-state index in [1.54, 1.807) is 0 Å². The molecule has 0 radical (unpaired) electrons. The van der Waals surface area contributed by atoms with Crippen molar-refractivity contribution in [2.24, 2.45) is 0 Å². The molecule has 0 bridgehead atoms. The second-order valence-electron chi connectivity index (χ2n) is 4.81. The van der Waals surface area contributed by atoms with Crippen LogP contribution in [-0.4, -0.2) is 16.3 Å². The van der Waals surface area contributed by atoms with E-state index in [1.807, 2.05) is 32.0 Å². The van der Waals surface area contributed by atoms with Crippen LogP contribution in [0.3, 0.4) is 0 Å². The van der Waals surface area contributed by atoms with Crippen molar-refractivity contribution in [3.05, 3.63) is 35.9 Å².